The van der Waals surface area contributed by atoms with Crippen LogP contribution in [-0.4, -0.2) is 40.8 Å². The molecule has 6 rings (SSSR count). The van der Waals surface area contributed by atoms with Gasteiger partial charge in [0.1, 0.15) is 5.52 Å². The fourth-order valence-electron chi connectivity index (χ4n) is 5.05. The zero-order valence-electron chi connectivity index (χ0n) is 19.3. The summed E-state index contributed by atoms with van der Waals surface area (Å²) in [5.74, 6) is 1.54. The van der Waals surface area contributed by atoms with Crippen LogP contribution >= 0.6 is 0 Å². The van der Waals surface area contributed by atoms with Crippen molar-refractivity contribution in [1.29, 1.82) is 0 Å². The molecule has 0 amide bonds. The molecule has 1 aliphatic carbocycles. The molecule has 170 valence electrons. The van der Waals surface area contributed by atoms with Crippen LogP contribution in [0.25, 0.3) is 11.2 Å². The second-order valence-electron chi connectivity index (χ2n) is 9.02. The highest BCUT2D eigenvalue weighted by Gasteiger charge is 2.27. The number of aryl methyl sites for hydroxylation is 3. The van der Waals surface area contributed by atoms with Crippen molar-refractivity contribution in [2.45, 2.75) is 65.7 Å². The number of nitrogens with one attached hydrogen (secondary N) is 1. The largest absolute Gasteiger partial charge is 0.364 e. The molecule has 5 heterocycles. The second kappa shape index (κ2) is 8.13. The highest BCUT2D eigenvalue weighted by molar-refractivity contribution is 5.84. The Hall–Kier alpha value is -3.49. The standard InChI is InChI=1S/C24H29N9/c1-3-31-15-27-23-21(31)22(26-13-17-10-16(2)11-25-12-17)28-24(29-23)32-8-9-33-20(14-32)18-6-4-5-7-19(18)30-33/h10-12,15H,3-9,13-14H2,1-2H3,(H,26,28,29). The van der Waals surface area contributed by atoms with Gasteiger partial charge in [-0.3, -0.25) is 9.67 Å². The molecule has 1 N–H and O–H groups in total. The van der Waals surface area contributed by atoms with Gasteiger partial charge in [0, 0.05) is 32.0 Å². The van der Waals surface area contributed by atoms with Crippen molar-refractivity contribution >= 4 is 22.9 Å². The van der Waals surface area contributed by atoms with E-state index in [2.05, 4.69) is 49.3 Å². The Morgan fingerprint density at radius 1 is 1.09 bits per heavy atom. The first-order valence-electron chi connectivity index (χ1n) is 11.9. The molecule has 4 aromatic rings. The molecule has 33 heavy (non-hydrogen) atoms. The monoisotopic (exact) mass is 443 g/mol. The lowest BCUT2D eigenvalue weighted by Crippen LogP contribution is -2.35. The van der Waals surface area contributed by atoms with Crippen molar-refractivity contribution in [1.82, 2.24) is 34.3 Å². The molecular weight excluding hydrogens is 414 g/mol. The zero-order chi connectivity index (χ0) is 22.4. The molecule has 9 nitrogen and oxygen atoms in total. The van der Waals surface area contributed by atoms with E-state index in [0.29, 0.717) is 6.54 Å². The molecule has 0 atom stereocenters. The highest BCUT2D eigenvalue weighted by atomic mass is 15.4. The van der Waals surface area contributed by atoms with Gasteiger partial charge in [-0.25, -0.2) is 4.98 Å². The summed E-state index contributed by atoms with van der Waals surface area (Å²) < 4.78 is 4.30. The molecule has 0 saturated heterocycles. The Morgan fingerprint density at radius 3 is 2.88 bits per heavy atom. The first kappa shape index (κ1) is 20.1. The average Bonchev–Trinajstić information content (AvgIpc) is 3.43. The maximum atomic E-state index is 5.01. The summed E-state index contributed by atoms with van der Waals surface area (Å²) in [6, 6.07) is 2.14. The third kappa shape index (κ3) is 3.61. The number of hydrogen-bond donors (Lipinski definition) is 1. The molecule has 9 heteroatoms. The van der Waals surface area contributed by atoms with E-state index in [-0.39, 0.29) is 0 Å². The number of fused-ring (bicyclic) bond motifs is 4. The summed E-state index contributed by atoms with van der Waals surface area (Å²) in [4.78, 5) is 21.1. The summed E-state index contributed by atoms with van der Waals surface area (Å²) in [7, 11) is 0. The number of aromatic nitrogens is 7. The molecule has 2 aliphatic rings. The van der Waals surface area contributed by atoms with E-state index < -0.39 is 0 Å². The van der Waals surface area contributed by atoms with Gasteiger partial charge in [-0.1, -0.05) is 6.07 Å². The van der Waals surface area contributed by atoms with E-state index in [1.807, 2.05) is 18.7 Å². The SMILES string of the molecule is CCn1cnc2nc(N3CCn4nc5c(c4C3)CCCC5)nc(NCc3cncc(C)c3)c21. The van der Waals surface area contributed by atoms with Gasteiger partial charge >= 0.3 is 0 Å². The van der Waals surface area contributed by atoms with Gasteiger partial charge in [0.25, 0.3) is 0 Å². The topological polar surface area (TPSA) is 89.6 Å². The van der Waals surface area contributed by atoms with Crippen LogP contribution in [0.3, 0.4) is 0 Å². The van der Waals surface area contributed by atoms with Gasteiger partial charge in [-0.15, -0.1) is 0 Å². The lowest BCUT2D eigenvalue weighted by atomic mass is 9.95. The Balaban J connectivity index is 1.34. The first-order chi connectivity index (χ1) is 16.2. The molecule has 4 aromatic heterocycles. The third-order valence-electron chi connectivity index (χ3n) is 6.74. The molecule has 0 unspecified atom stereocenters. The number of pyridine rings is 1. The van der Waals surface area contributed by atoms with E-state index in [9.17, 15) is 0 Å². The van der Waals surface area contributed by atoms with Gasteiger partial charge < -0.3 is 14.8 Å². The molecule has 0 spiro atoms. The first-order valence-corrected chi connectivity index (χ1v) is 11.9. The number of imidazole rings is 1. The van der Waals surface area contributed by atoms with Gasteiger partial charge in [0.15, 0.2) is 11.5 Å². The van der Waals surface area contributed by atoms with Gasteiger partial charge in [0.2, 0.25) is 5.95 Å². The Kier molecular flexibility index (Phi) is 4.96. The van der Waals surface area contributed by atoms with Crippen LogP contribution in [0.2, 0.25) is 0 Å². The maximum absolute atomic E-state index is 5.01. The predicted octanol–water partition coefficient (Wildman–Crippen LogP) is 3.26. The van der Waals surface area contributed by atoms with Crippen LogP contribution in [0.15, 0.2) is 24.8 Å². The van der Waals surface area contributed by atoms with Crippen molar-refractivity contribution in [3.05, 3.63) is 52.9 Å². The molecule has 0 saturated carbocycles. The Labute approximate surface area is 192 Å². The summed E-state index contributed by atoms with van der Waals surface area (Å²) >= 11 is 0. The van der Waals surface area contributed by atoms with Crippen molar-refractivity contribution in [3.63, 3.8) is 0 Å². The summed E-state index contributed by atoms with van der Waals surface area (Å²) in [5, 5.41) is 8.43. The Bertz CT molecular complexity index is 1320. The summed E-state index contributed by atoms with van der Waals surface area (Å²) in [5.41, 5.74) is 8.03. The minimum Gasteiger partial charge on any atom is -0.364 e. The normalized spacial score (nSPS) is 15.5. The maximum Gasteiger partial charge on any atom is 0.229 e. The van der Waals surface area contributed by atoms with Crippen LogP contribution in [-0.2, 0) is 39.0 Å². The average molecular weight is 444 g/mol. The quantitative estimate of drug-likeness (QED) is 0.506. The van der Waals surface area contributed by atoms with Crippen LogP contribution in [0.4, 0.5) is 11.8 Å². The van der Waals surface area contributed by atoms with Crippen molar-refractivity contribution in [3.8, 4) is 0 Å². The predicted molar refractivity (Wildman–Crippen MR) is 127 cm³/mol. The highest BCUT2D eigenvalue weighted by Crippen LogP contribution is 2.30. The lowest BCUT2D eigenvalue weighted by molar-refractivity contribution is 0.510. The Morgan fingerprint density at radius 2 is 2.00 bits per heavy atom. The third-order valence-corrected chi connectivity index (χ3v) is 6.74. The van der Waals surface area contributed by atoms with E-state index >= 15 is 0 Å². The lowest BCUT2D eigenvalue weighted by Gasteiger charge is -2.29. The molecule has 0 bridgehead atoms. The smallest absolute Gasteiger partial charge is 0.229 e. The van der Waals surface area contributed by atoms with Gasteiger partial charge in [0.05, 0.1) is 30.8 Å². The summed E-state index contributed by atoms with van der Waals surface area (Å²) in [6.45, 7) is 8.13. The van der Waals surface area contributed by atoms with Crippen molar-refractivity contribution in [2.75, 3.05) is 16.8 Å². The number of hydrogen-bond acceptors (Lipinski definition) is 7. The van der Waals surface area contributed by atoms with Crippen molar-refractivity contribution in [2.24, 2.45) is 0 Å². The molecular formula is C24H29N9. The molecule has 1 aliphatic heterocycles. The minimum absolute atomic E-state index is 0.648. The van der Waals surface area contributed by atoms with E-state index in [1.165, 1.54) is 29.8 Å². The molecule has 0 fully saturated rings. The van der Waals surface area contributed by atoms with Gasteiger partial charge in [-0.05, 0) is 56.2 Å². The zero-order valence-corrected chi connectivity index (χ0v) is 19.3. The fourth-order valence-corrected chi connectivity index (χ4v) is 5.05. The minimum atomic E-state index is 0.648. The van der Waals surface area contributed by atoms with E-state index in [1.54, 1.807) is 0 Å². The number of rotatable bonds is 5. The van der Waals surface area contributed by atoms with Crippen LogP contribution < -0.4 is 10.2 Å². The van der Waals surface area contributed by atoms with E-state index in [4.69, 9.17) is 15.1 Å². The molecule has 0 aromatic carbocycles. The number of nitrogens with zero attached hydrogens (tertiary/aromatic N) is 8. The van der Waals surface area contributed by atoms with Crippen LogP contribution in [0.1, 0.15) is 47.8 Å². The second-order valence-corrected chi connectivity index (χ2v) is 9.02. The number of anilines is 2. The van der Waals surface area contributed by atoms with Crippen LogP contribution in [0, 0.1) is 6.92 Å². The van der Waals surface area contributed by atoms with Crippen LogP contribution in [0.5, 0.6) is 0 Å². The van der Waals surface area contributed by atoms with Gasteiger partial charge in [-0.2, -0.15) is 15.1 Å². The fraction of sp³-hybridized carbons (Fsp3) is 0.458. The summed E-state index contributed by atoms with van der Waals surface area (Å²) in [6.07, 6.45) is 10.4. The molecule has 0 radical (unpaired) electrons. The van der Waals surface area contributed by atoms with Crippen molar-refractivity contribution < 1.29 is 0 Å². The van der Waals surface area contributed by atoms with E-state index in [0.717, 1.165) is 73.1 Å².